The van der Waals surface area contributed by atoms with Crippen LogP contribution in [-0.4, -0.2) is 21.9 Å². The first kappa shape index (κ1) is 28.4. The lowest BCUT2D eigenvalue weighted by Gasteiger charge is -2.33. The quantitative estimate of drug-likeness (QED) is 0.543. The summed E-state index contributed by atoms with van der Waals surface area (Å²) in [6, 6.07) is 13.1. The van der Waals surface area contributed by atoms with Gasteiger partial charge in [-0.25, -0.2) is 4.79 Å². The molecule has 0 aliphatic carbocycles. The van der Waals surface area contributed by atoms with E-state index in [1.54, 1.807) is 12.1 Å². The fourth-order valence-electron chi connectivity index (χ4n) is 3.29. The van der Waals surface area contributed by atoms with Crippen LogP contribution in [0.1, 0.15) is 71.5 Å². The molecule has 166 valence electrons. The highest BCUT2D eigenvalue weighted by Gasteiger charge is 2.41. The minimum Gasteiger partial charge on any atom is -1.00 e. The van der Waals surface area contributed by atoms with Crippen LogP contribution in [-0.2, 0) is 6.42 Å². The lowest BCUT2D eigenvalue weighted by molar-refractivity contribution is -0.951. The van der Waals surface area contributed by atoms with Gasteiger partial charge < -0.3 is 12.4 Å². The zero-order valence-electron chi connectivity index (χ0n) is 18.4. The van der Waals surface area contributed by atoms with E-state index in [-0.39, 0.29) is 35.7 Å². The zero-order chi connectivity index (χ0) is 21.1. The number of quaternary nitrogens is 1. The van der Waals surface area contributed by atoms with Crippen molar-refractivity contribution in [1.29, 1.82) is 0 Å². The molecule has 0 radical (unpaired) electrons. The van der Waals surface area contributed by atoms with Gasteiger partial charge in [-0.05, 0) is 70.9 Å². The second-order valence-corrected chi connectivity index (χ2v) is 8.68. The van der Waals surface area contributed by atoms with Gasteiger partial charge in [-0.15, -0.1) is 17.4 Å². The number of halogens is 3. The van der Waals surface area contributed by atoms with E-state index in [0.29, 0.717) is 11.1 Å². The molecule has 0 saturated carbocycles. The molecule has 1 atom stereocenters. The molecule has 0 aliphatic rings. The van der Waals surface area contributed by atoms with Crippen molar-refractivity contribution in [3.05, 3.63) is 70.3 Å². The molecule has 0 heterocycles. The third-order valence-corrected chi connectivity index (χ3v) is 4.85. The third-order valence-electron chi connectivity index (χ3n) is 4.52. The molecular weight excluding hydrogens is 443 g/mol. The van der Waals surface area contributed by atoms with Crippen LogP contribution in [0.5, 0.6) is 0 Å². The van der Waals surface area contributed by atoms with E-state index in [1.807, 2.05) is 65.0 Å². The van der Waals surface area contributed by atoms with E-state index in [0.717, 1.165) is 28.5 Å². The summed E-state index contributed by atoms with van der Waals surface area (Å²) in [4.78, 5) is 26.3. The molecule has 2 aromatic carbocycles. The summed E-state index contributed by atoms with van der Waals surface area (Å²) < 4.78 is 0.997. The molecule has 2 rings (SSSR count). The highest BCUT2D eigenvalue weighted by atomic mass is 35.5. The molecule has 0 saturated heterocycles. The lowest BCUT2D eigenvalue weighted by atomic mass is 10.0. The molecular formula is C23H31Cl3N2O2. The zero-order valence-corrected chi connectivity index (χ0v) is 20.7. The topological polar surface area (TPSA) is 41.8 Å². The third kappa shape index (κ3) is 6.98. The van der Waals surface area contributed by atoms with Crippen LogP contribution in [0.25, 0.3) is 0 Å². The first-order valence-corrected chi connectivity index (χ1v) is 9.98. The highest BCUT2D eigenvalue weighted by Crippen LogP contribution is 2.13. The number of carbonyl (C=O) groups is 2. The number of carbonyl (C=O) groups excluding carboxylic acids is 2. The smallest absolute Gasteiger partial charge is 0.370 e. The largest absolute Gasteiger partial charge is 1.00 e. The van der Waals surface area contributed by atoms with Crippen molar-refractivity contribution in [2.45, 2.75) is 59.9 Å². The van der Waals surface area contributed by atoms with Gasteiger partial charge in [0.25, 0.3) is 0 Å². The molecule has 1 N–H and O–H groups in total. The van der Waals surface area contributed by atoms with Gasteiger partial charge in [0.05, 0.1) is 17.3 Å². The van der Waals surface area contributed by atoms with Crippen molar-refractivity contribution in [3.8, 4) is 0 Å². The summed E-state index contributed by atoms with van der Waals surface area (Å²) in [6.45, 7) is 11.6. The molecule has 2 amide bonds. The maximum atomic E-state index is 13.3. The minimum atomic E-state index is -0.602. The van der Waals surface area contributed by atoms with Gasteiger partial charge in [-0.3, -0.25) is 4.79 Å². The predicted molar refractivity (Wildman–Crippen MR) is 121 cm³/mol. The number of nitrogens with one attached hydrogen (secondary N) is 1. The van der Waals surface area contributed by atoms with Gasteiger partial charge in [0, 0.05) is 5.56 Å². The maximum Gasteiger partial charge on any atom is 0.370 e. The normalized spacial score (nSPS) is 11.7. The molecule has 4 nitrogen and oxygen atoms in total. The van der Waals surface area contributed by atoms with Gasteiger partial charge in [-0.2, -0.15) is 0 Å². The Bertz CT molecular complexity index is 841. The molecule has 0 spiro atoms. The number of nitrogens with zero attached hydrogens (tertiary/aromatic N) is 1. The predicted octanol–water partition coefficient (Wildman–Crippen LogP) is 1.72. The van der Waals surface area contributed by atoms with E-state index in [2.05, 4.69) is 6.92 Å². The average molecular weight is 474 g/mol. The summed E-state index contributed by atoms with van der Waals surface area (Å²) in [6.07, 6.45) is 2.02. The van der Waals surface area contributed by atoms with Gasteiger partial charge in [0.1, 0.15) is 5.54 Å². The molecule has 2 aromatic rings. The molecule has 0 aliphatic heterocycles. The van der Waals surface area contributed by atoms with Crippen LogP contribution < -0.4 is 17.4 Å². The number of rotatable bonds is 4. The number of benzene rings is 2. The second kappa shape index (κ2) is 11.7. The Kier molecular flexibility index (Phi) is 11.1. The Labute approximate surface area is 197 Å². The summed E-state index contributed by atoms with van der Waals surface area (Å²) in [7, 11) is 0. The van der Waals surface area contributed by atoms with E-state index in [4.69, 9.17) is 11.8 Å². The summed E-state index contributed by atoms with van der Waals surface area (Å²) in [5.74, 6) is -0.627. The van der Waals surface area contributed by atoms with Gasteiger partial charge in [0.2, 0.25) is 0 Å². The maximum absolute atomic E-state index is 13.3. The standard InChI is InChI=1S/C23H29ClN2O2.2ClH/c1-7-8-18-9-11-19(12-10-18)21(27)25(23(4,5)6)26(24)22(28)20-14-16(2)13-17(3)15-20;;/h9-15H,7-8H2,1-6H3;2*1H. The Hall–Kier alpha value is -1.59. The number of aryl methyl sites for hydroxylation is 3. The average Bonchev–Trinajstić information content (AvgIpc) is 2.60. The van der Waals surface area contributed by atoms with Crippen molar-refractivity contribution in [1.82, 2.24) is 4.53 Å². The molecule has 0 fully saturated rings. The number of amides is 2. The van der Waals surface area contributed by atoms with Crippen LogP contribution in [0.15, 0.2) is 42.5 Å². The van der Waals surface area contributed by atoms with Gasteiger partial charge >= 0.3 is 11.8 Å². The van der Waals surface area contributed by atoms with Gasteiger partial charge in [-0.1, -0.05) is 47.2 Å². The molecule has 7 heteroatoms. The molecule has 0 aromatic heterocycles. The molecule has 1 unspecified atom stereocenters. The Morgan fingerprint density at radius 1 is 0.967 bits per heavy atom. The van der Waals surface area contributed by atoms with Crippen molar-refractivity contribution in [2.75, 3.05) is 0 Å². The molecule has 30 heavy (non-hydrogen) atoms. The SMILES string of the molecule is CCCc1ccc(C(=O)[NH+](N(Cl)C(=O)c2cc(C)cc(C)c2)C(C)(C)C)cc1.Cl.[Cl-]. The van der Waals surface area contributed by atoms with E-state index in [9.17, 15) is 9.59 Å². The molecule has 0 bridgehead atoms. The highest BCUT2D eigenvalue weighted by molar-refractivity contribution is 6.23. The number of hydrogen-bond acceptors (Lipinski definition) is 2. The minimum absolute atomic E-state index is 0. The van der Waals surface area contributed by atoms with E-state index >= 15 is 0 Å². The first-order valence-electron chi connectivity index (χ1n) is 9.64. The van der Waals surface area contributed by atoms with E-state index < -0.39 is 11.4 Å². The van der Waals surface area contributed by atoms with Crippen molar-refractivity contribution in [3.63, 3.8) is 0 Å². The Morgan fingerprint density at radius 2 is 1.47 bits per heavy atom. The van der Waals surface area contributed by atoms with Crippen molar-refractivity contribution >= 4 is 36.0 Å². The van der Waals surface area contributed by atoms with Crippen molar-refractivity contribution < 1.29 is 27.0 Å². The fraction of sp³-hybridized carbons (Fsp3) is 0.391. The van der Waals surface area contributed by atoms with Crippen LogP contribution in [0, 0.1) is 13.8 Å². The van der Waals surface area contributed by atoms with Crippen LogP contribution in [0.2, 0.25) is 0 Å². The van der Waals surface area contributed by atoms with Gasteiger partial charge in [0.15, 0.2) is 0 Å². The monoisotopic (exact) mass is 472 g/mol. The fourth-order valence-corrected chi connectivity index (χ4v) is 3.71. The Balaban J connectivity index is 0.00000420. The van der Waals surface area contributed by atoms with E-state index in [1.165, 1.54) is 5.56 Å². The van der Waals surface area contributed by atoms with Crippen LogP contribution >= 0.6 is 24.2 Å². The summed E-state index contributed by atoms with van der Waals surface area (Å²) in [5, 5.41) is 0.265. The second-order valence-electron chi connectivity index (χ2n) is 8.34. The lowest BCUT2D eigenvalue weighted by Crippen LogP contribution is -3.25. The Morgan fingerprint density at radius 3 is 1.90 bits per heavy atom. The summed E-state index contributed by atoms with van der Waals surface area (Å²) in [5.41, 5.74) is 3.54. The summed E-state index contributed by atoms with van der Waals surface area (Å²) >= 11 is 6.47. The van der Waals surface area contributed by atoms with Crippen molar-refractivity contribution in [2.24, 2.45) is 0 Å². The first-order chi connectivity index (χ1) is 13.0. The van der Waals surface area contributed by atoms with Crippen LogP contribution in [0.4, 0.5) is 0 Å². The number of hydrogen-bond donors (Lipinski definition) is 1. The van der Waals surface area contributed by atoms with Crippen LogP contribution in [0.3, 0.4) is 0 Å².